The molecule has 4 nitrogen and oxygen atoms in total. The topological polar surface area (TPSA) is 36.9 Å². The Balaban J connectivity index is 1.41. The highest BCUT2D eigenvalue weighted by Crippen LogP contribution is 2.78. The number of methoxy groups -OCH3 is 4. The van der Waals surface area contributed by atoms with Crippen LogP contribution in [0.3, 0.4) is 0 Å². The number of thioether (sulfide) groups is 4. The van der Waals surface area contributed by atoms with Crippen LogP contribution in [0.5, 0.6) is 23.0 Å². The van der Waals surface area contributed by atoms with E-state index in [-0.39, 0.29) is 2.74 Å². The second kappa shape index (κ2) is 12.1. The summed E-state index contributed by atoms with van der Waals surface area (Å²) >= 11 is 7.67. The van der Waals surface area contributed by atoms with Crippen molar-refractivity contribution in [2.24, 2.45) is 0 Å². The van der Waals surface area contributed by atoms with E-state index in [9.17, 15) is 0 Å². The molecule has 0 aliphatic carbocycles. The van der Waals surface area contributed by atoms with Gasteiger partial charge in [-0.3, -0.25) is 0 Å². The minimum atomic E-state index is -0.241. The minimum absolute atomic E-state index is 0.241. The van der Waals surface area contributed by atoms with Crippen molar-refractivity contribution in [2.75, 3.05) is 28.4 Å². The van der Waals surface area contributed by atoms with E-state index in [1.807, 2.05) is 95.6 Å². The molecule has 0 saturated heterocycles. The summed E-state index contributed by atoms with van der Waals surface area (Å²) in [4.78, 5) is 5.03. The maximum absolute atomic E-state index is 5.45. The molecular weight excluding hydrogens is 589 g/mol. The standard InChI is InChI=1S/C33H28O4S4/c1-34-25-13-5-21(6-14-25)29-30(22-7-15-26(35-2)16-8-22)39-33(38-29)40-31(23-9-17-27(36-3)18-10-23)32(41-33)24-11-19-28(37-4)20-12-24/h5-20H,1-4H3. The number of ether oxygens (including phenoxy) is 4. The molecule has 2 aliphatic rings. The molecule has 1 spiro atoms. The highest BCUT2D eigenvalue weighted by Gasteiger charge is 2.49. The van der Waals surface area contributed by atoms with Gasteiger partial charge in [-0.05, 0) is 70.8 Å². The lowest BCUT2D eigenvalue weighted by Crippen LogP contribution is -2.01. The summed E-state index contributed by atoms with van der Waals surface area (Å²) < 4.78 is 21.5. The Bertz CT molecular complexity index is 1350. The molecule has 0 N–H and O–H groups in total. The zero-order valence-electron chi connectivity index (χ0n) is 23.0. The molecule has 0 unspecified atom stereocenters. The van der Waals surface area contributed by atoms with Gasteiger partial charge in [0.2, 0.25) is 0 Å². The Morgan fingerprint density at radius 3 is 0.707 bits per heavy atom. The first-order valence-corrected chi connectivity index (χ1v) is 16.1. The number of benzene rings is 4. The lowest BCUT2D eigenvalue weighted by molar-refractivity contribution is 0.414. The van der Waals surface area contributed by atoms with Gasteiger partial charge in [-0.25, -0.2) is 0 Å². The van der Waals surface area contributed by atoms with Gasteiger partial charge < -0.3 is 18.9 Å². The normalized spacial score (nSPS) is 15.9. The van der Waals surface area contributed by atoms with Gasteiger partial charge in [-0.2, -0.15) is 0 Å². The molecule has 0 bridgehead atoms. The maximum atomic E-state index is 5.45. The van der Waals surface area contributed by atoms with Gasteiger partial charge in [0, 0.05) is 19.6 Å². The van der Waals surface area contributed by atoms with E-state index in [4.69, 9.17) is 18.9 Å². The first-order chi connectivity index (χ1) is 20.0. The van der Waals surface area contributed by atoms with Crippen molar-refractivity contribution < 1.29 is 18.9 Å². The van der Waals surface area contributed by atoms with Gasteiger partial charge in [0.05, 0.1) is 28.4 Å². The molecule has 0 radical (unpaired) electrons. The molecule has 0 saturated carbocycles. The molecule has 0 aromatic heterocycles. The van der Waals surface area contributed by atoms with Crippen molar-refractivity contribution in [3.8, 4) is 23.0 Å². The third-order valence-electron chi connectivity index (χ3n) is 6.73. The molecule has 0 fully saturated rings. The molecule has 6 rings (SSSR count). The Kier molecular flexibility index (Phi) is 8.26. The molecule has 0 amide bonds. The van der Waals surface area contributed by atoms with Crippen LogP contribution in [0.2, 0.25) is 0 Å². The quantitative estimate of drug-likeness (QED) is 0.194. The SMILES string of the molecule is COc1ccc(C2=C(c3ccc(OC)cc3)SC3(S2)SC(c2ccc(OC)cc2)=C(c2ccc(OC)cc2)S3)cc1. The van der Waals surface area contributed by atoms with E-state index in [1.54, 1.807) is 28.4 Å². The molecule has 2 heterocycles. The molecular formula is C33H28O4S4. The molecule has 4 aromatic rings. The Labute approximate surface area is 257 Å². The number of hydrogen-bond donors (Lipinski definition) is 0. The van der Waals surface area contributed by atoms with Gasteiger partial charge in [-0.1, -0.05) is 95.6 Å². The van der Waals surface area contributed by atoms with Crippen LogP contribution in [-0.4, -0.2) is 31.2 Å². The largest absolute Gasteiger partial charge is 0.497 e. The fraction of sp³-hybridized carbons (Fsp3) is 0.152. The summed E-state index contributed by atoms with van der Waals surface area (Å²) in [6.45, 7) is 0. The van der Waals surface area contributed by atoms with Crippen LogP contribution >= 0.6 is 47.0 Å². The van der Waals surface area contributed by atoms with Crippen molar-refractivity contribution in [3.05, 3.63) is 119 Å². The third kappa shape index (κ3) is 5.71. The van der Waals surface area contributed by atoms with Crippen molar-refractivity contribution in [2.45, 2.75) is 2.74 Å². The average molecular weight is 617 g/mol. The summed E-state index contributed by atoms with van der Waals surface area (Å²) in [6, 6.07) is 33.4. The molecule has 8 heteroatoms. The highest BCUT2D eigenvalue weighted by molar-refractivity contribution is 8.58. The predicted octanol–water partition coefficient (Wildman–Crippen LogP) is 9.64. The summed E-state index contributed by atoms with van der Waals surface area (Å²) in [5, 5.41) is 0. The molecule has 4 aromatic carbocycles. The van der Waals surface area contributed by atoms with Gasteiger partial charge in [0.15, 0.2) is 2.74 Å². The lowest BCUT2D eigenvalue weighted by Gasteiger charge is -2.21. The lowest BCUT2D eigenvalue weighted by atomic mass is 10.1. The van der Waals surface area contributed by atoms with E-state index < -0.39 is 0 Å². The van der Waals surface area contributed by atoms with E-state index >= 15 is 0 Å². The Morgan fingerprint density at radius 1 is 0.341 bits per heavy atom. The van der Waals surface area contributed by atoms with Gasteiger partial charge in [0.25, 0.3) is 0 Å². The summed E-state index contributed by atoms with van der Waals surface area (Å²) in [5.74, 6) is 3.39. The summed E-state index contributed by atoms with van der Waals surface area (Å²) in [7, 11) is 6.80. The van der Waals surface area contributed by atoms with E-state index in [2.05, 4.69) is 48.5 Å². The zero-order chi connectivity index (χ0) is 28.4. The van der Waals surface area contributed by atoms with Crippen molar-refractivity contribution in [3.63, 3.8) is 0 Å². The Hall–Kier alpha value is -3.04. The monoisotopic (exact) mass is 616 g/mol. The van der Waals surface area contributed by atoms with Crippen LogP contribution in [-0.2, 0) is 0 Å². The minimum Gasteiger partial charge on any atom is -0.497 e. The molecule has 41 heavy (non-hydrogen) atoms. The second-order valence-electron chi connectivity index (χ2n) is 9.14. The van der Waals surface area contributed by atoms with Gasteiger partial charge in [0.1, 0.15) is 23.0 Å². The maximum Gasteiger partial charge on any atom is 0.171 e. The third-order valence-corrected chi connectivity index (χ3v) is 13.6. The first-order valence-electron chi connectivity index (χ1n) is 12.9. The van der Waals surface area contributed by atoms with Crippen LogP contribution in [0, 0.1) is 0 Å². The second-order valence-corrected chi connectivity index (χ2v) is 15.6. The average Bonchev–Trinajstić information content (AvgIpc) is 3.61. The van der Waals surface area contributed by atoms with Crippen LogP contribution in [0.1, 0.15) is 22.3 Å². The fourth-order valence-corrected chi connectivity index (χ4v) is 11.9. The van der Waals surface area contributed by atoms with Gasteiger partial charge >= 0.3 is 0 Å². The highest BCUT2D eigenvalue weighted by atomic mass is 32.3. The van der Waals surface area contributed by atoms with Crippen LogP contribution in [0.15, 0.2) is 97.1 Å². The van der Waals surface area contributed by atoms with Crippen LogP contribution < -0.4 is 18.9 Å². The van der Waals surface area contributed by atoms with Crippen molar-refractivity contribution in [1.29, 1.82) is 0 Å². The molecule has 2 aliphatic heterocycles. The number of rotatable bonds is 8. The fourth-order valence-electron chi connectivity index (χ4n) is 4.54. The molecule has 208 valence electrons. The summed E-state index contributed by atoms with van der Waals surface area (Å²) in [5.41, 5.74) is 4.71. The Morgan fingerprint density at radius 2 is 0.537 bits per heavy atom. The van der Waals surface area contributed by atoms with Crippen molar-refractivity contribution >= 4 is 66.7 Å². The summed E-state index contributed by atoms with van der Waals surface area (Å²) in [6.07, 6.45) is 0. The van der Waals surface area contributed by atoms with E-state index in [0.29, 0.717) is 0 Å². The predicted molar refractivity (Wildman–Crippen MR) is 179 cm³/mol. The van der Waals surface area contributed by atoms with Crippen LogP contribution in [0.4, 0.5) is 0 Å². The van der Waals surface area contributed by atoms with E-state index in [0.717, 1.165) is 23.0 Å². The zero-order valence-corrected chi connectivity index (χ0v) is 26.3. The molecule has 0 atom stereocenters. The number of hydrogen-bond acceptors (Lipinski definition) is 8. The van der Waals surface area contributed by atoms with Crippen molar-refractivity contribution in [1.82, 2.24) is 0 Å². The van der Waals surface area contributed by atoms with Crippen LogP contribution in [0.25, 0.3) is 19.6 Å². The smallest absolute Gasteiger partial charge is 0.171 e. The first kappa shape index (κ1) is 28.1. The van der Waals surface area contributed by atoms with Gasteiger partial charge in [-0.15, -0.1) is 0 Å². The van der Waals surface area contributed by atoms with E-state index in [1.165, 1.54) is 41.9 Å².